The van der Waals surface area contributed by atoms with Gasteiger partial charge in [-0.05, 0) is 24.8 Å². The number of anilines is 2. The summed E-state index contributed by atoms with van der Waals surface area (Å²) < 4.78 is 0. The molecule has 0 aliphatic carbocycles. The Hall–Kier alpha value is -1.73. The molecular formula is C14H17N5S2. The third-order valence-electron chi connectivity index (χ3n) is 3.03. The number of fused-ring (bicyclic) bond motifs is 1. The van der Waals surface area contributed by atoms with Crippen molar-refractivity contribution in [3.63, 3.8) is 0 Å². The molecule has 7 heteroatoms. The Labute approximate surface area is 131 Å². The maximum absolute atomic E-state index is 4.61. The summed E-state index contributed by atoms with van der Waals surface area (Å²) in [4.78, 5) is 14.5. The standard InChI is InChI=1S/C14H17N5S2/c1-3-5-16-14-18-11(10-4-7-20-13(10)19-14)17-9(2)12-15-6-8-21-12/h4,6-9H,3,5H2,1-2H3,(H2,16,17,18,19). The first-order valence-corrected chi connectivity index (χ1v) is 8.69. The molecule has 1 unspecified atom stereocenters. The minimum absolute atomic E-state index is 0.127. The first kappa shape index (κ1) is 14.2. The highest BCUT2D eigenvalue weighted by molar-refractivity contribution is 7.16. The van der Waals surface area contributed by atoms with E-state index in [0.717, 1.165) is 34.0 Å². The predicted octanol–water partition coefficient (Wildman–Crippen LogP) is 4.14. The molecule has 3 aromatic heterocycles. The van der Waals surface area contributed by atoms with Gasteiger partial charge in [-0.2, -0.15) is 4.98 Å². The van der Waals surface area contributed by atoms with Crippen LogP contribution in [-0.2, 0) is 0 Å². The lowest BCUT2D eigenvalue weighted by atomic mass is 10.3. The number of nitrogens with one attached hydrogen (secondary N) is 2. The van der Waals surface area contributed by atoms with Gasteiger partial charge in [-0.3, -0.25) is 0 Å². The number of thiophene rings is 1. The lowest BCUT2D eigenvalue weighted by molar-refractivity contribution is 0.861. The summed E-state index contributed by atoms with van der Waals surface area (Å²) >= 11 is 3.28. The lowest BCUT2D eigenvalue weighted by Crippen LogP contribution is -2.10. The molecule has 3 heterocycles. The van der Waals surface area contributed by atoms with Crippen molar-refractivity contribution in [3.05, 3.63) is 28.0 Å². The molecule has 110 valence electrons. The molecule has 0 saturated carbocycles. The molecular weight excluding hydrogens is 302 g/mol. The average Bonchev–Trinajstić information content (AvgIpc) is 3.15. The molecule has 0 aliphatic heterocycles. The lowest BCUT2D eigenvalue weighted by Gasteiger charge is -2.14. The second-order valence-corrected chi connectivity index (χ2v) is 6.52. The van der Waals surface area contributed by atoms with Crippen LogP contribution in [0.3, 0.4) is 0 Å². The van der Waals surface area contributed by atoms with Gasteiger partial charge in [0.25, 0.3) is 0 Å². The normalized spacial score (nSPS) is 12.5. The van der Waals surface area contributed by atoms with E-state index in [1.165, 1.54) is 0 Å². The van der Waals surface area contributed by atoms with Crippen LogP contribution in [0.15, 0.2) is 23.0 Å². The van der Waals surface area contributed by atoms with E-state index in [-0.39, 0.29) is 6.04 Å². The van der Waals surface area contributed by atoms with Crippen molar-refractivity contribution >= 4 is 44.7 Å². The molecule has 2 N–H and O–H groups in total. The van der Waals surface area contributed by atoms with Gasteiger partial charge in [0, 0.05) is 18.1 Å². The van der Waals surface area contributed by atoms with Gasteiger partial charge in [-0.1, -0.05) is 6.92 Å². The van der Waals surface area contributed by atoms with E-state index in [9.17, 15) is 0 Å². The Morgan fingerprint density at radius 3 is 2.90 bits per heavy atom. The molecule has 0 aliphatic rings. The molecule has 0 bridgehead atoms. The largest absolute Gasteiger partial charge is 0.360 e. The van der Waals surface area contributed by atoms with E-state index in [2.05, 4.69) is 45.5 Å². The van der Waals surface area contributed by atoms with E-state index in [0.29, 0.717) is 5.95 Å². The van der Waals surface area contributed by atoms with Crippen LogP contribution in [0.25, 0.3) is 10.2 Å². The first-order valence-electron chi connectivity index (χ1n) is 6.93. The minimum atomic E-state index is 0.127. The van der Waals surface area contributed by atoms with Gasteiger partial charge >= 0.3 is 0 Å². The molecule has 0 aromatic carbocycles. The summed E-state index contributed by atoms with van der Waals surface area (Å²) in [6, 6.07) is 2.18. The molecule has 5 nitrogen and oxygen atoms in total. The van der Waals surface area contributed by atoms with Crippen molar-refractivity contribution < 1.29 is 0 Å². The van der Waals surface area contributed by atoms with E-state index in [4.69, 9.17) is 0 Å². The van der Waals surface area contributed by atoms with Crippen LogP contribution < -0.4 is 10.6 Å². The Kier molecular flexibility index (Phi) is 4.31. The zero-order valence-electron chi connectivity index (χ0n) is 12.0. The van der Waals surface area contributed by atoms with Gasteiger partial charge in [0.1, 0.15) is 15.7 Å². The van der Waals surface area contributed by atoms with Gasteiger partial charge in [0.2, 0.25) is 5.95 Å². The first-order chi connectivity index (χ1) is 10.3. The van der Waals surface area contributed by atoms with Crippen LogP contribution in [0.1, 0.15) is 31.3 Å². The molecule has 0 saturated heterocycles. The van der Waals surface area contributed by atoms with Crippen LogP contribution in [0.2, 0.25) is 0 Å². The Morgan fingerprint density at radius 2 is 2.14 bits per heavy atom. The summed E-state index contributed by atoms with van der Waals surface area (Å²) in [6.07, 6.45) is 2.87. The predicted molar refractivity (Wildman–Crippen MR) is 90.3 cm³/mol. The molecule has 0 spiro atoms. The molecule has 3 aromatic rings. The molecule has 0 fully saturated rings. The third-order valence-corrected chi connectivity index (χ3v) is 4.80. The fourth-order valence-corrected chi connectivity index (χ4v) is 3.41. The molecule has 1 atom stereocenters. The highest BCUT2D eigenvalue weighted by atomic mass is 32.1. The van der Waals surface area contributed by atoms with Crippen molar-refractivity contribution in [3.8, 4) is 0 Å². The van der Waals surface area contributed by atoms with Gasteiger partial charge in [0.05, 0.1) is 11.4 Å². The maximum Gasteiger partial charge on any atom is 0.226 e. The van der Waals surface area contributed by atoms with Crippen molar-refractivity contribution in [2.24, 2.45) is 0 Å². The van der Waals surface area contributed by atoms with E-state index < -0.39 is 0 Å². The number of rotatable bonds is 6. The number of nitrogens with zero attached hydrogens (tertiary/aromatic N) is 3. The summed E-state index contributed by atoms with van der Waals surface area (Å²) in [5.74, 6) is 1.54. The highest BCUT2D eigenvalue weighted by Crippen LogP contribution is 2.29. The summed E-state index contributed by atoms with van der Waals surface area (Å²) in [5.41, 5.74) is 0. The number of hydrogen-bond acceptors (Lipinski definition) is 7. The van der Waals surface area contributed by atoms with Crippen LogP contribution in [0.5, 0.6) is 0 Å². The molecule has 0 radical (unpaired) electrons. The zero-order chi connectivity index (χ0) is 14.7. The summed E-state index contributed by atoms with van der Waals surface area (Å²) in [7, 11) is 0. The summed E-state index contributed by atoms with van der Waals surface area (Å²) in [6.45, 7) is 5.09. The smallest absolute Gasteiger partial charge is 0.226 e. The third kappa shape index (κ3) is 3.14. The highest BCUT2D eigenvalue weighted by Gasteiger charge is 2.13. The number of hydrogen-bond donors (Lipinski definition) is 2. The molecule has 3 rings (SSSR count). The van der Waals surface area contributed by atoms with E-state index >= 15 is 0 Å². The van der Waals surface area contributed by atoms with E-state index in [1.807, 2.05) is 17.0 Å². The van der Waals surface area contributed by atoms with Crippen LogP contribution >= 0.6 is 22.7 Å². The van der Waals surface area contributed by atoms with E-state index in [1.54, 1.807) is 22.7 Å². The van der Waals surface area contributed by atoms with Crippen molar-refractivity contribution in [1.29, 1.82) is 0 Å². The monoisotopic (exact) mass is 319 g/mol. The molecule has 21 heavy (non-hydrogen) atoms. The number of thiazole rings is 1. The van der Waals surface area contributed by atoms with Gasteiger partial charge in [-0.15, -0.1) is 22.7 Å². The van der Waals surface area contributed by atoms with Gasteiger partial charge < -0.3 is 10.6 Å². The zero-order valence-corrected chi connectivity index (χ0v) is 13.6. The van der Waals surface area contributed by atoms with Crippen LogP contribution in [0.4, 0.5) is 11.8 Å². The van der Waals surface area contributed by atoms with Gasteiger partial charge in [0.15, 0.2) is 0 Å². The minimum Gasteiger partial charge on any atom is -0.360 e. The fraction of sp³-hybridized carbons (Fsp3) is 0.357. The van der Waals surface area contributed by atoms with Gasteiger partial charge in [-0.25, -0.2) is 9.97 Å². The maximum atomic E-state index is 4.61. The SMILES string of the molecule is CCCNc1nc(NC(C)c2nccs2)c2ccsc2n1. The Balaban J connectivity index is 1.90. The number of aromatic nitrogens is 3. The topological polar surface area (TPSA) is 62.7 Å². The Morgan fingerprint density at radius 1 is 1.24 bits per heavy atom. The van der Waals surface area contributed by atoms with Crippen molar-refractivity contribution in [2.75, 3.05) is 17.2 Å². The summed E-state index contributed by atoms with van der Waals surface area (Å²) in [5, 5.41) is 12.9. The van der Waals surface area contributed by atoms with Crippen LogP contribution in [-0.4, -0.2) is 21.5 Å². The van der Waals surface area contributed by atoms with Crippen molar-refractivity contribution in [2.45, 2.75) is 26.3 Å². The second kappa shape index (κ2) is 6.36. The van der Waals surface area contributed by atoms with Crippen LogP contribution in [0, 0.1) is 0 Å². The average molecular weight is 319 g/mol. The second-order valence-electron chi connectivity index (χ2n) is 4.70. The molecule has 0 amide bonds. The quantitative estimate of drug-likeness (QED) is 0.715. The van der Waals surface area contributed by atoms with Crippen molar-refractivity contribution in [1.82, 2.24) is 15.0 Å². The fourth-order valence-electron chi connectivity index (χ4n) is 2.00. The Bertz CT molecular complexity index is 707.